The molecule has 2 rings (SSSR count). The van der Waals surface area contributed by atoms with Crippen molar-refractivity contribution in [3.05, 3.63) is 29.5 Å². The Balaban J connectivity index is 1.83. The third kappa shape index (κ3) is 4.47. The average molecular weight is 321 g/mol. The lowest BCUT2D eigenvalue weighted by molar-refractivity contribution is 0.180. The first kappa shape index (κ1) is 16.3. The Morgan fingerprint density at radius 1 is 1.41 bits per heavy atom. The molecule has 0 radical (unpaired) electrons. The van der Waals surface area contributed by atoms with Gasteiger partial charge in [-0.05, 0) is 13.0 Å². The molecule has 0 fully saturated rings. The van der Waals surface area contributed by atoms with Gasteiger partial charge in [-0.2, -0.15) is 0 Å². The van der Waals surface area contributed by atoms with E-state index in [0.717, 1.165) is 10.7 Å². The minimum atomic E-state index is -0.168. The summed E-state index contributed by atoms with van der Waals surface area (Å²) in [5.41, 5.74) is 0.901. The summed E-state index contributed by atoms with van der Waals surface area (Å²) >= 11 is 1.49. The number of urea groups is 1. The highest BCUT2D eigenvalue weighted by Gasteiger charge is 2.11. The number of rotatable bonds is 7. The summed E-state index contributed by atoms with van der Waals surface area (Å²) in [7, 11) is 0. The zero-order chi connectivity index (χ0) is 15.8. The molecule has 2 amide bonds. The number of nitrogens with one attached hydrogen (secondary N) is 1. The van der Waals surface area contributed by atoms with E-state index in [1.54, 1.807) is 23.4 Å². The molecule has 2 heterocycles. The van der Waals surface area contributed by atoms with Crippen molar-refractivity contribution in [3.8, 4) is 10.8 Å². The van der Waals surface area contributed by atoms with Gasteiger partial charge in [0.25, 0.3) is 0 Å². The minimum Gasteiger partial charge on any atom is -0.395 e. The van der Waals surface area contributed by atoms with Gasteiger partial charge in [-0.25, -0.2) is 19.7 Å². The van der Waals surface area contributed by atoms with E-state index in [9.17, 15) is 4.79 Å². The van der Waals surface area contributed by atoms with Crippen LogP contribution >= 0.6 is 11.3 Å². The normalized spacial score (nSPS) is 10.5. The third-order valence-electron chi connectivity index (χ3n) is 3.01. The van der Waals surface area contributed by atoms with Gasteiger partial charge in [0.2, 0.25) is 0 Å². The van der Waals surface area contributed by atoms with Crippen LogP contribution in [0.2, 0.25) is 0 Å². The van der Waals surface area contributed by atoms with Crippen LogP contribution in [0.1, 0.15) is 12.6 Å². The fourth-order valence-electron chi connectivity index (χ4n) is 1.87. The molecule has 0 atom stereocenters. The van der Waals surface area contributed by atoms with Crippen LogP contribution in [-0.4, -0.2) is 57.2 Å². The van der Waals surface area contributed by atoms with Gasteiger partial charge in [0.05, 0.1) is 12.3 Å². The molecule has 2 aromatic heterocycles. The van der Waals surface area contributed by atoms with Gasteiger partial charge in [-0.1, -0.05) is 0 Å². The van der Waals surface area contributed by atoms with Crippen LogP contribution in [-0.2, 0) is 6.42 Å². The summed E-state index contributed by atoms with van der Waals surface area (Å²) in [6.45, 7) is 3.25. The molecule has 0 bridgehead atoms. The Hall–Kier alpha value is -2.06. The molecule has 118 valence electrons. The second-order valence-corrected chi connectivity index (χ2v) is 5.36. The van der Waals surface area contributed by atoms with Crippen molar-refractivity contribution in [1.29, 1.82) is 0 Å². The molecule has 0 aliphatic carbocycles. The van der Waals surface area contributed by atoms with E-state index < -0.39 is 0 Å². The van der Waals surface area contributed by atoms with Crippen LogP contribution in [0.25, 0.3) is 10.8 Å². The van der Waals surface area contributed by atoms with Crippen molar-refractivity contribution >= 4 is 17.4 Å². The molecule has 0 saturated carbocycles. The van der Waals surface area contributed by atoms with E-state index in [2.05, 4.69) is 20.3 Å². The lowest BCUT2D eigenvalue weighted by Crippen LogP contribution is -2.42. The molecule has 8 heteroatoms. The van der Waals surface area contributed by atoms with Crippen molar-refractivity contribution in [2.24, 2.45) is 0 Å². The summed E-state index contributed by atoms with van der Waals surface area (Å²) in [6.07, 6.45) is 4.01. The van der Waals surface area contributed by atoms with Crippen LogP contribution in [0.4, 0.5) is 4.79 Å². The predicted octanol–water partition coefficient (Wildman–Crippen LogP) is 1.17. The lowest BCUT2D eigenvalue weighted by Gasteiger charge is -2.19. The lowest BCUT2D eigenvalue weighted by atomic mass is 10.3. The monoisotopic (exact) mass is 321 g/mol. The zero-order valence-electron chi connectivity index (χ0n) is 12.4. The molecular formula is C14H19N5O2S. The molecule has 0 unspecified atom stereocenters. The maximum Gasteiger partial charge on any atom is 0.317 e. The number of aliphatic hydroxyl groups excluding tert-OH is 1. The maximum absolute atomic E-state index is 11.8. The molecule has 2 aromatic rings. The van der Waals surface area contributed by atoms with Crippen molar-refractivity contribution in [2.75, 3.05) is 26.2 Å². The van der Waals surface area contributed by atoms with Crippen molar-refractivity contribution in [1.82, 2.24) is 25.2 Å². The highest BCUT2D eigenvalue weighted by Crippen LogP contribution is 2.19. The Bertz CT molecular complexity index is 590. The second-order valence-electron chi connectivity index (χ2n) is 4.50. The van der Waals surface area contributed by atoms with E-state index in [-0.39, 0.29) is 12.6 Å². The molecule has 0 spiro atoms. The van der Waals surface area contributed by atoms with Gasteiger partial charge >= 0.3 is 6.03 Å². The van der Waals surface area contributed by atoms with Gasteiger partial charge < -0.3 is 15.3 Å². The Labute approximate surface area is 133 Å². The number of likely N-dealkylation sites (N-methyl/N-ethyl adjacent to an activating group) is 1. The summed E-state index contributed by atoms with van der Waals surface area (Å²) < 4.78 is 0. The van der Waals surface area contributed by atoms with Crippen molar-refractivity contribution < 1.29 is 9.90 Å². The van der Waals surface area contributed by atoms with E-state index in [1.807, 2.05) is 12.3 Å². The quantitative estimate of drug-likeness (QED) is 0.799. The van der Waals surface area contributed by atoms with Crippen LogP contribution in [0, 0.1) is 0 Å². The molecule has 0 saturated heterocycles. The highest BCUT2D eigenvalue weighted by molar-refractivity contribution is 7.13. The summed E-state index contributed by atoms with van der Waals surface area (Å²) in [5.74, 6) is 0.614. The van der Waals surface area contributed by atoms with Crippen LogP contribution in [0.3, 0.4) is 0 Å². The molecule has 0 aliphatic heterocycles. The van der Waals surface area contributed by atoms with E-state index in [1.165, 1.54) is 11.3 Å². The fraction of sp³-hybridized carbons (Fsp3) is 0.429. The third-order valence-corrected chi connectivity index (χ3v) is 3.89. The number of hydrogen-bond donors (Lipinski definition) is 2. The maximum atomic E-state index is 11.8. The molecule has 0 aliphatic rings. The van der Waals surface area contributed by atoms with Crippen molar-refractivity contribution in [3.63, 3.8) is 0 Å². The first-order valence-electron chi connectivity index (χ1n) is 7.10. The topological polar surface area (TPSA) is 91.2 Å². The van der Waals surface area contributed by atoms with Gasteiger partial charge in [-0.15, -0.1) is 11.3 Å². The largest absolute Gasteiger partial charge is 0.395 e. The number of carbonyl (C=O) groups is 1. The average Bonchev–Trinajstić information content (AvgIpc) is 3.02. The smallest absolute Gasteiger partial charge is 0.317 e. The molecule has 0 aromatic carbocycles. The zero-order valence-corrected chi connectivity index (χ0v) is 13.2. The number of carbonyl (C=O) groups excluding carboxylic acids is 1. The SMILES string of the molecule is CCN(CCO)C(=O)NCCc1csc(-c2ncccn2)n1. The molecule has 2 N–H and O–H groups in total. The number of hydrogen-bond acceptors (Lipinski definition) is 6. The number of aliphatic hydroxyl groups is 1. The van der Waals surface area contributed by atoms with Gasteiger partial charge in [0.15, 0.2) is 10.8 Å². The number of aromatic nitrogens is 3. The van der Waals surface area contributed by atoms with Crippen LogP contribution < -0.4 is 5.32 Å². The molecule has 22 heavy (non-hydrogen) atoms. The van der Waals surface area contributed by atoms with Gasteiger partial charge in [0, 0.05) is 43.8 Å². The summed E-state index contributed by atoms with van der Waals surface area (Å²) in [5, 5.41) is 14.4. The Kier molecular flexibility index (Phi) is 6.23. The summed E-state index contributed by atoms with van der Waals surface area (Å²) in [4.78, 5) is 26.2. The predicted molar refractivity (Wildman–Crippen MR) is 84.6 cm³/mol. The second kappa shape index (κ2) is 8.40. The van der Waals surface area contributed by atoms with E-state index in [0.29, 0.717) is 31.9 Å². The van der Waals surface area contributed by atoms with E-state index in [4.69, 9.17) is 5.11 Å². The Morgan fingerprint density at radius 2 is 2.18 bits per heavy atom. The first-order chi connectivity index (χ1) is 10.7. The number of amides is 2. The number of nitrogens with zero attached hydrogens (tertiary/aromatic N) is 4. The van der Waals surface area contributed by atoms with E-state index >= 15 is 0 Å². The minimum absolute atomic E-state index is 0.0339. The fourth-order valence-corrected chi connectivity index (χ4v) is 2.67. The Morgan fingerprint density at radius 3 is 2.86 bits per heavy atom. The van der Waals surface area contributed by atoms with Crippen LogP contribution in [0.5, 0.6) is 0 Å². The molecule has 7 nitrogen and oxygen atoms in total. The summed E-state index contributed by atoms with van der Waals surface area (Å²) in [6, 6.07) is 1.60. The van der Waals surface area contributed by atoms with Crippen molar-refractivity contribution in [2.45, 2.75) is 13.3 Å². The van der Waals surface area contributed by atoms with Gasteiger partial charge in [0.1, 0.15) is 0 Å². The first-order valence-corrected chi connectivity index (χ1v) is 7.98. The van der Waals surface area contributed by atoms with Crippen LogP contribution in [0.15, 0.2) is 23.8 Å². The molecular weight excluding hydrogens is 302 g/mol. The number of thiazole rings is 1. The standard InChI is InChI=1S/C14H19N5O2S/c1-2-19(8-9-20)14(21)17-7-4-11-10-22-13(18-11)12-15-5-3-6-16-12/h3,5-6,10,20H,2,4,7-9H2,1H3,(H,17,21). The highest BCUT2D eigenvalue weighted by atomic mass is 32.1. The van der Waals surface area contributed by atoms with Gasteiger partial charge in [-0.3, -0.25) is 0 Å².